The summed E-state index contributed by atoms with van der Waals surface area (Å²) in [4.78, 5) is 15.5. The number of rotatable bonds is 4. The zero-order valence-corrected chi connectivity index (χ0v) is 25.6. The first-order valence-electron chi connectivity index (χ1n) is 15.7. The smallest absolute Gasteiger partial charge is 0.166 e. The fourth-order valence-electron chi connectivity index (χ4n) is 7.28. The average molecular weight is 591 g/mol. The molecule has 0 saturated carbocycles. The highest BCUT2D eigenvalue weighted by Gasteiger charge is 2.39. The molecule has 1 aliphatic carbocycles. The minimum Gasteiger partial charge on any atom is -0.308 e. The fourth-order valence-corrected chi connectivity index (χ4v) is 7.28. The molecule has 0 radical (unpaired) electrons. The SMILES string of the molecule is CC1(C)c2ccccc2-c2c1cc(-c1nc(-c3ccccc3)nc(-c3ccccc3)n1)c1c2c2ccccc2n1-c1ccccc1. The van der Waals surface area contributed by atoms with Crippen molar-refractivity contribution < 1.29 is 0 Å². The molecule has 4 heteroatoms. The molecule has 0 amide bonds. The Kier molecular flexibility index (Phi) is 5.81. The lowest BCUT2D eigenvalue weighted by atomic mass is 9.81. The number of para-hydroxylation sites is 2. The van der Waals surface area contributed by atoms with E-state index in [4.69, 9.17) is 15.0 Å². The Bertz CT molecular complexity index is 2370. The molecule has 8 aromatic rings. The molecule has 1 aliphatic rings. The Morgan fingerprint density at radius 2 is 1.04 bits per heavy atom. The predicted molar refractivity (Wildman–Crippen MR) is 188 cm³/mol. The van der Waals surface area contributed by atoms with E-state index in [1.165, 1.54) is 33.0 Å². The first-order valence-corrected chi connectivity index (χ1v) is 15.7. The standard InChI is InChI=1S/C42H30N4/c1-42(2)33-24-14-12-22-30(33)36-34(42)26-32(38-37(36)31-23-13-15-25-35(31)46(38)29-20-10-5-11-21-29)41-44-39(27-16-6-3-7-17-27)43-40(45-41)28-18-8-4-9-19-28/h3-26H,1-2H3. The Morgan fingerprint density at radius 3 is 1.72 bits per heavy atom. The van der Waals surface area contributed by atoms with Gasteiger partial charge in [0, 0.05) is 38.6 Å². The van der Waals surface area contributed by atoms with Crippen LogP contribution in [0, 0.1) is 0 Å². The van der Waals surface area contributed by atoms with Crippen LogP contribution in [0.25, 0.3) is 72.8 Å². The molecular weight excluding hydrogens is 560 g/mol. The molecule has 0 spiro atoms. The van der Waals surface area contributed by atoms with Crippen LogP contribution in [0.1, 0.15) is 25.0 Å². The van der Waals surface area contributed by atoms with Gasteiger partial charge in [0.1, 0.15) is 0 Å². The molecule has 0 fully saturated rings. The maximum Gasteiger partial charge on any atom is 0.166 e. The molecule has 0 unspecified atom stereocenters. The minimum absolute atomic E-state index is 0.206. The number of hydrogen-bond donors (Lipinski definition) is 0. The van der Waals surface area contributed by atoms with Gasteiger partial charge < -0.3 is 4.57 Å². The Morgan fingerprint density at radius 1 is 0.500 bits per heavy atom. The Balaban J connectivity index is 1.48. The summed E-state index contributed by atoms with van der Waals surface area (Å²) in [6.45, 7) is 4.67. The molecule has 0 atom stereocenters. The number of fused-ring (bicyclic) bond motifs is 7. The largest absolute Gasteiger partial charge is 0.308 e. The van der Waals surface area contributed by atoms with Gasteiger partial charge in [0.05, 0.1) is 11.0 Å². The van der Waals surface area contributed by atoms with Crippen molar-refractivity contribution in [2.24, 2.45) is 0 Å². The van der Waals surface area contributed by atoms with Crippen molar-refractivity contribution >= 4 is 21.8 Å². The quantitative estimate of drug-likeness (QED) is 0.205. The van der Waals surface area contributed by atoms with Gasteiger partial charge in [0.25, 0.3) is 0 Å². The molecule has 0 saturated heterocycles. The van der Waals surface area contributed by atoms with Gasteiger partial charge in [-0.25, -0.2) is 15.0 Å². The summed E-state index contributed by atoms with van der Waals surface area (Å²) in [5, 5.41) is 2.44. The zero-order chi connectivity index (χ0) is 30.8. The summed E-state index contributed by atoms with van der Waals surface area (Å²) in [5.41, 5.74) is 11.3. The minimum atomic E-state index is -0.206. The first-order chi connectivity index (χ1) is 22.6. The lowest BCUT2D eigenvalue weighted by Crippen LogP contribution is -2.15. The van der Waals surface area contributed by atoms with E-state index >= 15 is 0 Å². The topological polar surface area (TPSA) is 43.6 Å². The van der Waals surface area contributed by atoms with E-state index in [1.807, 2.05) is 36.4 Å². The van der Waals surface area contributed by atoms with Gasteiger partial charge in [-0.05, 0) is 46.5 Å². The molecule has 218 valence electrons. The highest BCUT2D eigenvalue weighted by atomic mass is 15.0. The third kappa shape index (κ3) is 3.90. The number of benzene rings is 6. The molecule has 4 nitrogen and oxygen atoms in total. The van der Waals surface area contributed by atoms with E-state index in [2.05, 4.69) is 128 Å². The summed E-state index contributed by atoms with van der Waals surface area (Å²) < 4.78 is 2.39. The van der Waals surface area contributed by atoms with Crippen molar-refractivity contribution in [3.8, 4) is 51.0 Å². The highest BCUT2D eigenvalue weighted by molar-refractivity contribution is 6.21. The summed E-state index contributed by atoms with van der Waals surface area (Å²) in [7, 11) is 0. The third-order valence-electron chi connectivity index (χ3n) is 9.44. The second kappa shape index (κ2) is 10.1. The van der Waals surface area contributed by atoms with Crippen molar-refractivity contribution in [1.82, 2.24) is 19.5 Å². The molecule has 0 N–H and O–H groups in total. The monoisotopic (exact) mass is 590 g/mol. The second-order valence-electron chi connectivity index (χ2n) is 12.5. The van der Waals surface area contributed by atoms with E-state index in [0.29, 0.717) is 17.5 Å². The van der Waals surface area contributed by atoms with Crippen molar-refractivity contribution in [3.05, 3.63) is 157 Å². The van der Waals surface area contributed by atoms with E-state index in [-0.39, 0.29) is 5.41 Å². The van der Waals surface area contributed by atoms with Gasteiger partial charge >= 0.3 is 0 Å². The predicted octanol–water partition coefficient (Wildman–Crippen LogP) is 10.3. The van der Waals surface area contributed by atoms with Crippen LogP contribution in [0.15, 0.2) is 146 Å². The normalized spacial score (nSPS) is 13.2. The fraction of sp³-hybridized carbons (Fsp3) is 0.0714. The summed E-state index contributed by atoms with van der Waals surface area (Å²) in [6, 6.07) is 51.0. The zero-order valence-electron chi connectivity index (χ0n) is 25.6. The lowest BCUT2D eigenvalue weighted by molar-refractivity contribution is 0.661. The number of hydrogen-bond acceptors (Lipinski definition) is 3. The van der Waals surface area contributed by atoms with Crippen LogP contribution in [0.4, 0.5) is 0 Å². The van der Waals surface area contributed by atoms with Crippen molar-refractivity contribution in [2.45, 2.75) is 19.3 Å². The van der Waals surface area contributed by atoms with Gasteiger partial charge in [0.15, 0.2) is 17.5 Å². The second-order valence-corrected chi connectivity index (χ2v) is 12.5. The van der Waals surface area contributed by atoms with Crippen molar-refractivity contribution in [2.75, 3.05) is 0 Å². The van der Waals surface area contributed by atoms with Gasteiger partial charge in [-0.15, -0.1) is 0 Å². The third-order valence-corrected chi connectivity index (χ3v) is 9.44. The van der Waals surface area contributed by atoms with Crippen molar-refractivity contribution in [1.29, 1.82) is 0 Å². The van der Waals surface area contributed by atoms with E-state index < -0.39 is 0 Å². The first kappa shape index (κ1) is 26.5. The maximum absolute atomic E-state index is 5.24. The number of nitrogens with zero attached hydrogens (tertiary/aromatic N) is 4. The van der Waals surface area contributed by atoms with Gasteiger partial charge in [-0.3, -0.25) is 0 Å². The van der Waals surface area contributed by atoms with E-state index in [0.717, 1.165) is 33.4 Å². The molecular formula is C42H30N4. The molecule has 0 bridgehead atoms. The van der Waals surface area contributed by atoms with Crippen LogP contribution in [0.2, 0.25) is 0 Å². The van der Waals surface area contributed by atoms with E-state index in [1.54, 1.807) is 0 Å². The van der Waals surface area contributed by atoms with Crippen LogP contribution < -0.4 is 0 Å². The summed E-state index contributed by atoms with van der Waals surface area (Å²) in [6.07, 6.45) is 0. The average Bonchev–Trinajstić information content (AvgIpc) is 3.58. The molecule has 46 heavy (non-hydrogen) atoms. The molecule has 2 heterocycles. The van der Waals surface area contributed by atoms with Gasteiger partial charge in [0.2, 0.25) is 0 Å². The van der Waals surface area contributed by atoms with Gasteiger partial charge in [-0.1, -0.05) is 135 Å². The van der Waals surface area contributed by atoms with Gasteiger partial charge in [-0.2, -0.15) is 0 Å². The molecule has 6 aromatic carbocycles. The molecule has 0 aliphatic heterocycles. The maximum atomic E-state index is 5.24. The summed E-state index contributed by atoms with van der Waals surface area (Å²) in [5.74, 6) is 1.97. The Hall–Kier alpha value is -5.87. The molecule has 2 aromatic heterocycles. The van der Waals surface area contributed by atoms with Crippen LogP contribution in [0.5, 0.6) is 0 Å². The van der Waals surface area contributed by atoms with Crippen LogP contribution in [0.3, 0.4) is 0 Å². The highest BCUT2D eigenvalue weighted by Crippen LogP contribution is 2.55. The number of aromatic nitrogens is 4. The van der Waals surface area contributed by atoms with Crippen molar-refractivity contribution in [3.63, 3.8) is 0 Å². The van der Waals surface area contributed by atoms with Crippen LogP contribution >= 0.6 is 0 Å². The summed E-state index contributed by atoms with van der Waals surface area (Å²) >= 11 is 0. The van der Waals surface area contributed by atoms with Crippen LogP contribution in [-0.2, 0) is 5.41 Å². The molecule has 9 rings (SSSR count). The Labute approximate surface area is 267 Å². The lowest BCUT2D eigenvalue weighted by Gasteiger charge is -2.22. The van der Waals surface area contributed by atoms with E-state index in [9.17, 15) is 0 Å². The van der Waals surface area contributed by atoms with Crippen LogP contribution in [-0.4, -0.2) is 19.5 Å².